The molecule has 5 heterocycles. The van der Waals surface area contributed by atoms with Gasteiger partial charge in [0.2, 0.25) is 0 Å². The van der Waals surface area contributed by atoms with Crippen LogP contribution in [0.15, 0.2) is 54.6 Å². The number of urea groups is 1. The van der Waals surface area contributed by atoms with Gasteiger partial charge < -0.3 is 30.1 Å². The average molecular weight is 637 g/mol. The van der Waals surface area contributed by atoms with Gasteiger partial charge in [0.25, 0.3) is 0 Å². The van der Waals surface area contributed by atoms with E-state index in [-0.39, 0.29) is 35.9 Å². The zero-order valence-corrected chi connectivity index (χ0v) is 27.3. The number of benzene rings is 3. The number of rotatable bonds is 7. The molecule has 0 aliphatic carbocycles. The molecule has 4 aliphatic rings. The van der Waals surface area contributed by atoms with Gasteiger partial charge in [-0.05, 0) is 112 Å². The van der Waals surface area contributed by atoms with Crippen LogP contribution < -0.4 is 15.0 Å². The smallest absolute Gasteiger partial charge is 0.319 e. The Morgan fingerprint density at radius 2 is 1.74 bits per heavy atom. The average Bonchev–Trinajstić information content (AvgIpc) is 3.71. The van der Waals surface area contributed by atoms with Gasteiger partial charge in [-0.25, -0.2) is 4.79 Å². The van der Waals surface area contributed by atoms with E-state index in [1.165, 1.54) is 12.8 Å². The third kappa shape index (κ3) is 5.61. The molecule has 4 fully saturated rings. The maximum atomic E-state index is 13.2. The Labute approximate surface area is 275 Å². The van der Waals surface area contributed by atoms with Gasteiger partial charge in [-0.3, -0.25) is 4.90 Å². The number of hydrogen-bond acceptors (Lipinski definition) is 8. The summed E-state index contributed by atoms with van der Waals surface area (Å²) in [6.07, 6.45) is 6.54. The lowest BCUT2D eigenvalue weighted by atomic mass is 9.95. The third-order valence-corrected chi connectivity index (χ3v) is 10.8. The van der Waals surface area contributed by atoms with Crippen molar-refractivity contribution in [3.63, 3.8) is 0 Å². The number of hydrogen-bond donors (Lipinski definition) is 3. The Balaban J connectivity index is 1.15. The van der Waals surface area contributed by atoms with E-state index in [4.69, 9.17) is 14.7 Å². The fourth-order valence-corrected chi connectivity index (χ4v) is 8.55. The first kappa shape index (κ1) is 30.2. The number of aliphatic hydroxyl groups is 1. The van der Waals surface area contributed by atoms with Crippen LogP contribution in [0.4, 0.5) is 10.6 Å². The molecule has 2 unspecified atom stereocenters. The van der Waals surface area contributed by atoms with Gasteiger partial charge >= 0.3 is 12.0 Å². The molecular formula is C37H44N6O4. The Bertz CT molecular complexity index is 1820. The van der Waals surface area contributed by atoms with Crippen molar-refractivity contribution in [2.24, 2.45) is 0 Å². The quantitative estimate of drug-likeness (QED) is 0.251. The third-order valence-electron chi connectivity index (χ3n) is 10.8. The van der Waals surface area contributed by atoms with Gasteiger partial charge in [-0.15, -0.1) is 0 Å². The summed E-state index contributed by atoms with van der Waals surface area (Å²) in [5.74, 6) is 1.06. The summed E-state index contributed by atoms with van der Waals surface area (Å²) in [4.78, 5) is 30.2. The number of carbonyl (C=O) groups is 1. The molecule has 3 N–H and O–H groups in total. The molecule has 0 radical (unpaired) electrons. The highest BCUT2D eigenvalue weighted by atomic mass is 16.5. The summed E-state index contributed by atoms with van der Waals surface area (Å²) in [5.41, 5.74) is 1.80. The van der Waals surface area contributed by atoms with Gasteiger partial charge in [-0.1, -0.05) is 30.3 Å². The van der Waals surface area contributed by atoms with E-state index in [1.807, 2.05) is 29.2 Å². The lowest BCUT2D eigenvalue weighted by Gasteiger charge is -2.42. The summed E-state index contributed by atoms with van der Waals surface area (Å²) in [6.45, 7) is 7.77. The van der Waals surface area contributed by atoms with E-state index in [9.17, 15) is 15.0 Å². The minimum Gasteiger partial charge on any atom is -0.508 e. The molecule has 4 aliphatic heterocycles. The van der Waals surface area contributed by atoms with Crippen molar-refractivity contribution in [3.05, 3.63) is 54.6 Å². The fourth-order valence-electron chi connectivity index (χ4n) is 8.55. The Morgan fingerprint density at radius 3 is 2.49 bits per heavy atom. The molecule has 47 heavy (non-hydrogen) atoms. The van der Waals surface area contributed by atoms with Crippen LogP contribution >= 0.6 is 0 Å². The van der Waals surface area contributed by atoms with Crippen molar-refractivity contribution in [2.75, 3.05) is 44.2 Å². The number of fused-ring (bicyclic) bond motifs is 5. The van der Waals surface area contributed by atoms with Crippen molar-refractivity contribution in [2.45, 2.75) is 75.6 Å². The lowest BCUT2D eigenvalue weighted by molar-refractivity contribution is 0.0773. The summed E-state index contributed by atoms with van der Waals surface area (Å²) >= 11 is 0. The van der Waals surface area contributed by atoms with Crippen LogP contribution in [0.25, 0.3) is 32.8 Å². The maximum absolute atomic E-state index is 13.2. The van der Waals surface area contributed by atoms with Crippen molar-refractivity contribution in [3.8, 4) is 22.9 Å². The van der Waals surface area contributed by atoms with Gasteiger partial charge in [0.15, 0.2) is 0 Å². The number of phenols is 1. The van der Waals surface area contributed by atoms with Crippen molar-refractivity contribution in [1.82, 2.24) is 25.1 Å². The highest BCUT2D eigenvalue weighted by Crippen LogP contribution is 2.41. The second kappa shape index (κ2) is 11.5. The summed E-state index contributed by atoms with van der Waals surface area (Å²) in [5, 5.41) is 26.7. The van der Waals surface area contributed by atoms with Crippen LogP contribution in [0.2, 0.25) is 0 Å². The molecule has 0 saturated carbocycles. The molecule has 2 bridgehead atoms. The number of aromatic hydroxyl groups is 1. The molecule has 10 nitrogen and oxygen atoms in total. The number of nitrogens with one attached hydrogen (secondary N) is 1. The Kier molecular flexibility index (Phi) is 7.40. The highest BCUT2D eigenvalue weighted by Gasteiger charge is 2.46. The molecular weight excluding hydrogens is 592 g/mol. The van der Waals surface area contributed by atoms with E-state index in [0.717, 1.165) is 77.4 Å². The molecule has 8 rings (SSSR count). The van der Waals surface area contributed by atoms with E-state index >= 15 is 0 Å². The summed E-state index contributed by atoms with van der Waals surface area (Å²) in [7, 11) is 0. The van der Waals surface area contributed by atoms with E-state index in [2.05, 4.69) is 39.4 Å². The fraction of sp³-hybridized carbons (Fsp3) is 0.486. The minimum absolute atomic E-state index is 0.0484. The predicted molar refractivity (Wildman–Crippen MR) is 183 cm³/mol. The number of ether oxygens (including phenoxy) is 1. The lowest BCUT2D eigenvalue weighted by Crippen LogP contribution is -2.59. The van der Waals surface area contributed by atoms with Crippen LogP contribution in [0.3, 0.4) is 0 Å². The monoisotopic (exact) mass is 636 g/mol. The van der Waals surface area contributed by atoms with Gasteiger partial charge in [-0.2, -0.15) is 9.97 Å². The van der Waals surface area contributed by atoms with Crippen LogP contribution in [-0.2, 0) is 0 Å². The zero-order valence-electron chi connectivity index (χ0n) is 27.3. The van der Waals surface area contributed by atoms with Crippen molar-refractivity contribution >= 4 is 33.5 Å². The van der Waals surface area contributed by atoms with Crippen LogP contribution in [-0.4, -0.2) is 98.6 Å². The number of nitrogens with zero attached hydrogens (tertiary/aromatic N) is 5. The SMILES string of the molecule is CC(C)(O)CNC(=O)N1C2CCC1CN(c1nc(OCC34CCCN3CCC4)nc3cc(-c4cc(O)cc5ccccc45)ccc13)C2. The number of carbonyl (C=O) groups excluding carboxylic acids is 1. The van der Waals surface area contributed by atoms with Gasteiger partial charge in [0, 0.05) is 25.0 Å². The second-order valence-electron chi connectivity index (χ2n) is 14.7. The first-order valence-corrected chi connectivity index (χ1v) is 17.1. The number of phenolic OH excluding ortho intramolecular Hbond substituents is 1. The molecule has 2 atom stereocenters. The Hall–Kier alpha value is -4.15. The standard InChI is InChI=1S/C37H44N6O4/c1-36(2,46)22-38-35(45)43-26-10-11-27(43)21-41(20-26)33-30-12-9-25(31-19-28(44)17-24-7-3-4-8-29(24)31)18-32(30)39-34(40-33)47-23-37-13-5-15-42(37)16-6-14-37/h3-4,7-9,12,17-19,26-27,44,46H,5-6,10-11,13-16,20-23H2,1-2H3,(H,38,45). The molecule has 1 aromatic heterocycles. The number of aromatic nitrogens is 2. The number of piperazine rings is 1. The normalized spacial score (nSPS) is 22.3. The topological polar surface area (TPSA) is 114 Å². The van der Waals surface area contributed by atoms with Gasteiger partial charge in [0.1, 0.15) is 18.2 Å². The molecule has 3 aromatic carbocycles. The van der Waals surface area contributed by atoms with Crippen LogP contribution in [0.1, 0.15) is 52.4 Å². The number of anilines is 1. The molecule has 2 amide bonds. The molecule has 4 aromatic rings. The van der Waals surface area contributed by atoms with Gasteiger partial charge in [0.05, 0.1) is 28.7 Å². The van der Waals surface area contributed by atoms with Crippen molar-refractivity contribution < 1.29 is 19.7 Å². The second-order valence-corrected chi connectivity index (χ2v) is 14.7. The Morgan fingerprint density at radius 1 is 1.00 bits per heavy atom. The highest BCUT2D eigenvalue weighted by molar-refractivity contribution is 6.01. The van der Waals surface area contributed by atoms with E-state index < -0.39 is 5.60 Å². The summed E-state index contributed by atoms with van der Waals surface area (Å²) in [6, 6.07) is 18.3. The van der Waals surface area contributed by atoms with Crippen LogP contribution in [0.5, 0.6) is 11.8 Å². The molecule has 4 saturated heterocycles. The largest absolute Gasteiger partial charge is 0.508 e. The molecule has 10 heteroatoms. The molecule has 246 valence electrons. The predicted octanol–water partition coefficient (Wildman–Crippen LogP) is 5.30. The summed E-state index contributed by atoms with van der Waals surface area (Å²) < 4.78 is 6.53. The minimum atomic E-state index is -0.968. The number of amides is 2. The van der Waals surface area contributed by atoms with E-state index in [1.54, 1.807) is 19.9 Å². The first-order valence-electron chi connectivity index (χ1n) is 17.1. The maximum Gasteiger partial charge on any atom is 0.319 e. The van der Waals surface area contributed by atoms with Crippen molar-refractivity contribution in [1.29, 1.82) is 0 Å². The molecule has 0 spiro atoms. The first-order chi connectivity index (χ1) is 22.7. The van der Waals surface area contributed by atoms with Crippen LogP contribution in [0, 0.1) is 0 Å². The van der Waals surface area contributed by atoms with E-state index in [0.29, 0.717) is 25.7 Å². The zero-order chi connectivity index (χ0) is 32.3.